The minimum absolute atomic E-state index is 0.0256. The zero-order valence-corrected chi connectivity index (χ0v) is 10.2. The maximum atomic E-state index is 11.4. The van der Waals surface area contributed by atoms with E-state index < -0.39 is 0 Å². The summed E-state index contributed by atoms with van der Waals surface area (Å²) in [7, 11) is 0. The summed E-state index contributed by atoms with van der Waals surface area (Å²) in [5.41, 5.74) is 0.982. The van der Waals surface area contributed by atoms with Crippen LogP contribution in [0.25, 0.3) is 0 Å². The SMILES string of the molecule is O=C1NC(=S)SC1c1ccc(Br)cc1. The van der Waals surface area contributed by atoms with Crippen molar-refractivity contribution < 1.29 is 4.79 Å². The molecule has 2 rings (SSSR count). The number of carbonyl (C=O) groups excluding carboxylic acids is 1. The smallest absolute Gasteiger partial charge is 0.243 e. The molecule has 1 fully saturated rings. The molecule has 2 nitrogen and oxygen atoms in total. The Morgan fingerprint density at radius 1 is 1.36 bits per heavy atom. The number of halogens is 1. The normalized spacial score (nSPS) is 21.1. The molecule has 1 amide bonds. The van der Waals surface area contributed by atoms with Crippen molar-refractivity contribution in [1.29, 1.82) is 0 Å². The van der Waals surface area contributed by atoms with Gasteiger partial charge in [0.25, 0.3) is 0 Å². The van der Waals surface area contributed by atoms with Gasteiger partial charge in [0.1, 0.15) is 9.57 Å². The van der Waals surface area contributed by atoms with Gasteiger partial charge in [0.2, 0.25) is 5.91 Å². The number of hydrogen-bond donors (Lipinski definition) is 1. The van der Waals surface area contributed by atoms with Crippen LogP contribution in [-0.4, -0.2) is 10.2 Å². The van der Waals surface area contributed by atoms with Crippen LogP contribution in [0, 0.1) is 0 Å². The molecule has 1 atom stereocenters. The van der Waals surface area contributed by atoms with Gasteiger partial charge < -0.3 is 5.32 Å². The van der Waals surface area contributed by atoms with E-state index in [1.165, 1.54) is 11.8 Å². The van der Waals surface area contributed by atoms with Gasteiger partial charge in [-0.1, -0.05) is 52.0 Å². The number of hydrogen-bond acceptors (Lipinski definition) is 3. The Morgan fingerprint density at radius 3 is 2.50 bits per heavy atom. The second-order valence-electron chi connectivity index (χ2n) is 2.83. The monoisotopic (exact) mass is 287 g/mol. The lowest BCUT2D eigenvalue weighted by molar-refractivity contribution is -0.118. The van der Waals surface area contributed by atoms with Crippen molar-refractivity contribution in [1.82, 2.24) is 5.32 Å². The van der Waals surface area contributed by atoms with Crippen molar-refractivity contribution >= 4 is 50.1 Å². The number of thioether (sulfide) groups is 1. The largest absolute Gasteiger partial charge is 0.310 e. The Kier molecular flexibility index (Phi) is 2.90. The molecule has 1 saturated heterocycles. The number of amides is 1. The summed E-state index contributed by atoms with van der Waals surface area (Å²) in [4.78, 5) is 11.4. The highest BCUT2D eigenvalue weighted by atomic mass is 79.9. The van der Waals surface area contributed by atoms with Gasteiger partial charge in [-0.3, -0.25) is 4.79 Å². The molecule has 1 aliphatic rings. The summed E-state index contributed by atoms with van der Waals surface area (Å²) in [6.07, 6.45) is 0. The van der Waals surface area contributed by atoms with Gasteiger partial charge in [0.15, 0.2) is 0 Å². The topological polar surface area (TPSA) is 29.1 Å². The van der Waals surface area contributed by atoms with Crippen LogP contribution in [-0.2, 0) is 4.79 Å². The average molecular weight is 288 g/mol. The molecule has 5 heteroatoms. The van der Waals surface area contributed by atoms with Crippen LogP contribution in [0.2, 0.25) is 0 Å². The third-order valence-corrected chi connectivity index (χ3v) is 3.82. The third-order valence-electron chi connectivity index (χ3n) is 1.86. The fourth-order valence-electron chi connectivity index (χ4n) is 1.21. The number of rotatable bonds is 1. The van der Waals surface area contributed by atoms with Crippen LogP contribution >= 0.6 is 39.9 Å². The Balaban J connectivity index is 2.27. The minimum Gasteiger partial charge on any atom is -0.310 e. The van der Waals surface area contributed by atoms with E-state index in [-0.39, 0.29) is 11.2 Å². The van der Waals surface area contributed by atoms with E-state index in [2.05, 4.69) is 21.2 Å². The molecule has 1 heterocycles. The van der Waals surface area contributed by atoms with Crippen LogP contribution in [0.1, 0.15) is 10.8 Å². The Hall–Kier alpha value is -0.390. The summed E-state index contributed by atoms with van der Waals surface area (Å²) in [6, 6.07) is 7.69. The number of benzene rings is 1. The first-order valence-electron chi connectivity index (χ1n) is 3.94. The van der Waals surface area contributed by atoms with E-state index in [0.29, 0.717) is 4.32 Å². The highest BCUT2D eigenvalue weighted by molar-refractivity contribution is 9.10. The van der Waals surface area contributed by atoms with Gasteiger partial charge >= 0.3 is 0 Å². The molecule has 0 bridgehead atoms. The molecule has 14 heavy (non-hydrogen) atoms. The van der Waals surface area contributed by atoms with E-state index >= 15 is 0 Å². The molecular formula is C9H6BrNOS2. The summed E-state index contributed by atoms with van der Waals surface area (Å²) < 4.78 is 1.56. The average Bonchev–Trinajstić information content (AvgIpc) is 2.47. The van der Waals surface area contributed by atoms with E-state index in [4.69, 9.17) is 12.2 Å². The summed E-state index contributed by atoms with van der Waals surface area (Å²) in [5, 5.41) is 2.44. The minimum atomic E-state index is -0.185. The van der Waals surface area contributed by atoms with E-state index in [1.807, 2.05) is 24.3 Å². The zero-order valence-electron chi connectivity index (χ0n) is 6.99. The van der Waals surface area contributed by atoms with Crippen molar-refractivity contribution in [3.05, 3.63) is 34.3 Å². The molecule has 72 valence electrons. The second kappa shape index (κ2) is 4.00. The summed E-state index contributed by atoms with van der Waals surface area (Å²) >= 11 is 9.66. The predicted molar refractivity (Wildman–Crippen MR) is 65.2 cm³/mol. The van der Waals surface area contributed by atoms with E-state index in [1.54, 1.807) is 0 Å². The van der Waals surface area contributed by atoms with Crippen LogP contribution < -0.4 is 5.32 Å². The van der Waals surface area contributed by atoms with Gasteiger partial charge in [-0.05, 0) is 17.7 Å². The molecule has 0 aromatic heterocycles. The van der Waals surface area contributed by atoms with Gasteiger partial charge in [-0.25, -0.2) is 0 Å². The Morgan fingerprint density at radius 2 is 2.00 bits per heavy atom. The number of thiocarbonyl (C=S) groups is 1. The van der Waals surface area contributed by atoms with Crippen LogP contribution in [0.15, 0.2) is 28.7 Å². The molecule has 0 radical (unpaired) electrons. The predicted octanol–water partition coefficient (Wildman–Crippen LogP) is 2.64. The van der Waals surface area contributed by atoms with Gasteiger partial charge in [0, 0.05) is 4.47 Å². The maximum absolute atomic E-state index is 11.4. The quantitative estimate of drug-likeness (QED) is 0.805. The third kappa shape index (κ3) is 1.99. The Bertz CT molecular complexity index is 390. The summed E-state index contributed by atoms with van der Waals surface area (Å²) in [6.45, 7) is 0. The summed E-state index contributed by atoms with van der Waals surface area (Å²) in [5.74, 6) is -0.0256. The fraction of sp³-hybridized carbons (Fsp3) is 0.111. The van der Waals surface area contributed by atoms with Crippen molar-refractivity contribution in [2.24, 2.45) is 0 Å². The molecule has 1 N–H and O–H groups in total. The van der Waals surface area contributed by atoms with Crippen molar-refractivity contribution in [2.75, 3.05) is 0 Å². The van der Waals surface area contributed by atoms with Crippen LogP contribution in [0.4, 0.5) is 0 Å². The van der Waals surface area contributed by atoms with E-state index in [0.717, 1.165) is 10.0 Å². The first-order chi connectivity index (χ1) is 6.66. The van der Waals surface area contributed by atoms with Crippen LogP contribution in [0.3, 0.4) is 0 Å². The first kappa shape index (κ1) is 10.1. The maximum Gasteiger partial charge on any atom is 0.243 e. The molecule has 1 aromatic rings. The van der Waals surface area contributed by atoms with Crippen molar-refractivity contribution in [3.8, 4) is 0 Å². The standard InChI is InChI=1S/C9H6BrNOS2/c10-6-3-1-5(2-4-6)7-8(12)11-9(13)14-7/h1-4,7H,(H,11,12,13). The molecule has 1 aromatic carbocycles. The molecular weight excluding hydrogens is 282 g/mol. The number of nitrogens with one attached hydrogen (secondary N) is 1. The molecule has 0 aliphatic carbocycles. The highest BCUT2D eigenvalue weighted by Gasteiger charge is 2.30. The lowest BCUT2D eigenvalue weighted by Gasteiger charge is -2.04. The van der Waals surface area contributed by atoms with Gasteiger partial charge in [-0.2, -0.15) is 0 Å². The lowest BCUT2D eigenvalue weighted by atomic mass is 10.1. The van der Waals surface area contributed by atoms with Crippen LogP contribution in [0.5, 0.6) is 0 Å². The molecule has 0 spiro atoms. The Labute approximate surface area is 99.6 Å². The van der Waals surface area contributed by atoms with Crippen molar-refractivity contribution in [3.63, 3.8) is 0 Å². The van der Waals surface area contributed by atoms with Crippen molar-refractivity contribution in [2.45, 2.75) is 5.25 Å². The molecule has 0 saturated carbocycles. The van der Waals surface area contributed by atoms with E-state index in [9.17, 15) is 4.79 Å². The van der Waals surface area contributed by atoms with Gasteiger partial charge in [0.05, 0.1) is 0 Å². The first-order valence-corrected chi connectivity index (χ1v) is 6.02. The van der Waals surface area contributed by atoms with Gasteiger partial charge in [-0.15, -0.1) is 0 Å². The lowest BCUT2D eigenvalue weighted by Crippen LogP contribution is -2.20. The molecule has 1 aliphatic heterocycles. The highest BCUT2D eigenvalue weighted by Crippen LogP contribution is 2.34. The zero-order chi connectivity index (χ0) is 10.1. The fourth-order valence-corrected chi connectivity index (χ4v) is 2.70. The second-order valence-corrected chi connectivity index (χ2v) is 5.52. The number of carbonyl (C=O) groups is 1. The molecule has 1 unspecified atom stereocenters.